The Bertz CT molecular complexity index is 844. The van der Waals surface area contributed by atoms with Gasteiger partial charge in [-0.1, -0.05) is 17.7 Å². The fraction of sp³-hybridized carbons (Fsp3) is 0.476. The molecule has 4 rings (SSSR count). The van der Waals surface area contributed by atoms with Gasteiger partial charge in [0.1, 0.15) is 5.69 Å². The molecular weight excluding hydrogens is 374 g/mol. The highest BCUT2D eigenvalue weighted by Gasteiger charge is 2.24. The van der Waals surface area contributed by atoms with E-state index >= 15 is 0 Å². The third kappa shape index (κ3) is 4.22. The quantitative estimate of drug-likeness (QED) is 0.791. The molecule has 148 valence electrons. The second-order valence-corrected chi connectivity index (χ2v) is 7.94. The molecule has 0 atom stereocenters. The maximum atomic E-state index is 12.9. The second-order valence-electron chi connectivity index (χ2n) is 7.50. The van der Waals surface area contributed by atoms with Crippen molar-refractivity contribution in [3.8, 4) is 0 Å². The third-order valence-corrected chi connectivity index (χ3v) is 5.68. The van der Waals surface area contributed by atoms with E-state index in [2.05, 4.69) is 25.8 Å². The molecule has 0 spiro atoms. The third-order valence-electron chi connectivity index (χ3n) is 5.44. The fourth-order valence-electron chi connectivity index (χ4n) is 3.90. The van der Waals surface area contributed by atoms with Crippen LogP contribution in [0.25, 0.3) is 0 Å². The van der Waals surface area contributed by atoms with Gasteiger partial charge in [0.05, 0.1) is 0 Å². The number of aryl methyl sites for hydroxylation is 1. The minimum Gasteiger partial charge on any atom is -0.368 e. The van der Waals surface area contributed by atoms with Crippen molar-refractivity contribution in [1.29, 1.82) is 0 Å². The van der Waals surface area contributed by atoms with Crippen molar-refractivity contribution in [1.82, 2.24) is 14.9 Å². The molecule has 2 aromatic rings. The summed E-state index contributed by atoms with van der Waals surface area (Å²) < 4.78 is 0. The first kappa shape index (κ1) is 19.0. The molecule has 7 heteroatoms. The van der Waals surface area contributed by atoms with Crippen LogP contribution in [0, 0.1) is 6.92 Å². The molecule has 1 amide bonds. The van der Waals surface area contributed by atoms with Crippen molar-refractivity contribution in [3.05, 3.63) is 46.7 Å². The number of nitrogens with zero attached hydrogens (tertiary/aromatic N) is 5. The maximum absolute atomic E-state index is 12.9. The average Bonchev–Trinajstić information content (AvgIpc) is 2.73. The number of halogens is 1. The fourth-order valence-corrected chi connectivity index (χ4v) is 4.08. The van der Waals surface area contributed by atoms with E-state index in [0.29, 0.717) is 11.6 Å². The largest absolute Gasteiger partial charge is 0.368 e. The van der Waals surface area contributed by atoms with Crippen LogP contribution in [0.4, 0.5) is 11.6 Å². The number of carbonyl (C=O) groups excluding carboxylic acids is 1. The summed E-state index contributed by atoms with van der Waals surface area (Å²) in [5, 5.41) is 0.753. The van der Waals surface area contributed by atoms with Gasteiger partial charge in [-0.2, -0.15) is 0 Å². The number of piperazine rings is 1. The average molecular weight is 400 g/mol. The Kier molecular flexibility index (Phi) is 5.67. The number of amides is 1. The Hall–Kier alpha value is -2.34. The van der Waals surface area contributed by atoms with E-state index in [0.717, 1.165) is 68.5 Å². The molecule has 0 N–H and O–H groups in total. The molecule has 0 unspecified atom stereocenters. The number of anilines is 2. The van der Waals surface area contributed by atoms with Gasteiger partial charge >= 0.3 is 0 Å². The molecule has 28 heavy (non-hydrogen) atoms. The monoisotopic (exact) mass is 399 g/mol. The number of piperidine rings is 1. The zero-order valence-corrected chi connectivity index (χ0v) is 17.0. The number of aromatic nitrogens is 2. The highest BCUT2D eigenvalue weighted by Crippen LogP contribution is 2.22. The van der Waals surface area contributed by atoms with Gasteiger partial charge in [0.15, 0.2) is 0 Å². The number of hydrogen-bond donors (Lipinski definition) is 0. The van der Waals surface area contributed by atoms with Gasteiger partial charge in [-0.3, -0.25) is 4.79 Å². The summed E-state index contributed by atoms with van der Waals surface area (Å²) in [6.45, 7) is 6.95. The van der Waals surface area contributed by atoms with E-state index < -0.39 is 0 Å². The highest BCUT2D eigenvalue weighted by atomic mass is 35.5. The summed E-state index contributed by atoms with van der Waals surface area (Å²) in [5.41, 5.74) is 2.49. The Morgan fingerprint density at radius 2 is 1.64 bits per heavy atom. The molecule has 6 nitrogen and oxygen atoms in total. The van der Waals surface area contributed by atoms with E-state index in [1.807, 2.05) is 36.1 Å². The lowest BCUT2D eigenvalue weighted by molar-refractivity contribution is 0.0718. The Morgan fingerprint density at radius 1 is 0.929 bits per heavy atom. The molecule has 1 aromatic heterocycles. The highest BCUT2D eigenvalue weighted by molar-refractivity contribution is 6.30. The van der Waals surface area contributed by atoms with E-state index in [1.54, 1.807) is 0 Å². The van der Waals surface area contributed by atoms with E-state index in [4.69, 9.17) is 11.6 Å². The van der Waals surface area contributed by atoms with Gasteiger partial charge in [-0.05, 0) is 50.5 Å². The van der Waals surface area contributed by atoms with E-state index in [1.165, 1.54) is 6.42 Å². The van der Waals surface area contributed by atoms with Crippen molar-refractivity contribution < 1.29 is 4.79 Å². The first-order chi connectivity index (χ1) is 13.6. The summed E-state index contributed by atoms with van der Waals surface area (Å²) in [4.78, 5) is 28.5. The predicted molar refractivity (Wildman–Crippen MR) is 112 cm³/mol. The maximum Gasteiger partial charge on any atom is 0.272 e. The molecule has 2 fully saturated rings. The number of carbonyl (C=O) groups is 1. The molecule has 3 heterocycles. The van der Waals surface area contributed by atoms with Gasteiger partial charge < -0.3 is 14.7 Å². The minimum atomic E-state index is 0.0315. The van der Waals surface area contributed by atoms with Gasteiger partial charge in [0.25, 0.3) is 5.91 Å². The van der Waals surface area contributed by atoms with Crippen molar-refractivity contribution in [2.45, 2.75) is 26.2 Å². The van der Waals surface area contributed by atoms with Crippen LogP contribution in [0.5, 0.6) is 0 Å². The van der Waals surface area contributed by atoms with Gasteiger partial charge in [0, 0.05) is 55.7 Å². The first-order valence-electron chi connectivity index (χ1n) is 10.0. The van der Waals surface area contributed by atoms with Crippen LogP contribution < -0.4 is 9.80 Å². The lowest BCUT2D eigenvalue weighted by Gasteiger charge is -2.36. The summed E-state index contributed by atoms with van der Waals surface area (Å²) in [6.07, 6.45) is 3.36. The van der Waals surface area contributed by atoms with Crippen LogP contribution in [0.3, 0.4) is 0 Å². The molecule has 0 bridgehead atoms. The van der Waals surface area contributed by atoms with E-state index in [-0.39, 0.29) is 5.91 Å². The van der Waals surface area contributed by atoms with Crippen LogP contribution in [0.15, 0.2) is 30.3 Å². The molecule has 0 saturated carbocycles. The van der Waals surface area contributed by atoms with Crippen molar-refractivity contribution in [3.63, 3.8) is 0 Å². The van der Waals surface area contributed by atoms with Crippen LogP contribution in [0.1, 0.15) is 35.4 Å². The second kappa shape index (κ2) is 8.35. The van der Waals surface area contributed by atoms with Crippen LogP contribution in [0.2, 0.25) is 5.02 Å². The number of hydrogen-bond acceptors (Lipinski definition) is 5. The van der Waals surface area contributed by atoms with Crippen molar-refractivity contribution in [2.24, 2.45) is 0 Å². The zero-order chi connectivity index (χ0) is 19.5. The summed E-state index contributed by atoms with van der Waals surface area (Å²) in [6, 6.07) is 9.76. The van der Waals surface area contributed by atoms with Crippen molar-refractivity contribution in [2.75, 3.05) is 49.1 Å². The first-order valence-corrected chi connectivity index (χ1v) is 10.4. The SMILES string of the molecule is Cc1cc(C(=O)N2CCCCC2)nc(N2CCN(c3cccc(Cl)c3)CC2)n1. The molecule has 2 aliphatic heterocycles. The normalized spacial score (nSPS) is 17.7. The predicted octanol–water partition coefficient (Wildman–Crippen LogP) is 3.39. The molecule has 0 radical (unpaired) electrons. The topological polar surface area (TPSA) is 52.6 Å². The molecule has 0 aliphatic carbocycles. The van der Waals surface area contributed by atoms with Gasteiger partial charge in [-0.25, -0.2) is 9.97 Å². The zero-order valence-electron chi connectivity index (χ0n) is 16.3. The molecule has 2 saturated heterocycles. The van der Waals surface area contributed by atoms with Crippen LogP contribution >= 0.6 is 11.6 Å². The van der Waals surface area contributed by atoms with Gasteiger partial charge in [-0.15, -0.1) is 0 Å². The summed E-state index contributed by atoms with van der Waals surface area (Å²) in [7, 11) is 0. The molecule has 2 aliphatic rings. The van der Waals surface area contributed by atoms with Crippen LogP contribution in [-0.2, 0) is 0 Å². The number of likely N-dealkylation sites (tertiary alicyclic amines) is 1. The van der Waals surface area contributed by atoms with E-state index in [9.17, 15) is 4.79 Å². The lowest BCUT2D eigenvalue weighted by Crippen LogP contribution is -2.47. The number of benzene rings is 1. The smallest absolute Gasteiger partial charge is 0.272 e. The molecular formula is C21H26ClN5O. The van der Waals surface area contributed by atoms with Crippen molar-refractivity contribution >= 4 is 29.1 Å². The molecule has 1 aromatic carbocycles. The summed E-state index contributed by atoms with van der Waals surface area (Å²) >= 11 is 6.12. The van der Waals surface area contributed by atoms with Gasteiger partial charge in [0.2, 0.25) is 5.95 Å². The Labute approximate surface area is 171 Å². The lowest BCUT2D eigenvalue weighted by atomic mass is 10.1. The number of rotatable bonds is 3. The Balaban J connectivity index is 1.46. The Morgan fingerprint density at radius 3 is 2.36 bits per heavy atom. The van der Waals surface area contributed by atoms with Crippen LogP contribution in [-0.4, -0.2) is 60.0 Å². The standard InChI is InChI=1S/C21H26ClN5O/c1-16-14-19(20(28)26-8-3-2-4-9-26)24-21(23-16)27-12-10-25(11-13-27)18-7-5-6-17(22)15-18/h5-7,14-15H,2-4,8-13H2,1H3. The summed E-state index contributed by atoms with van der Waals surface area (Å²) in [5.74, 6) is 0.690. The minimum absolute atomic E-state index is 0.0315.